The first-order chi connectivity index (χ1) is 8.65. The Labute approximate surface area is 108 Å². The molecule has 2 aromatic rings. The Kier molecular flexibility index (Phi) is 2.90. The number of para-hydroxylation sites is 1. The Morgan fingerprint density at radius 2 is 2.17 bits per heavy atom. The van der Waals surface area contributed by atoms with Gasteiger partial charge in [-0.25, -0.2) is 0 Å². The van der Waals surface area contributed by atoms with E-state index in [1.54, 1.807) is 0 Å². The van der Waals surface area contributed by atoms with Crippen molar-refractivity contribution in [2.75, 3.05) is 0 Å². The average Bonchev–Trinajstić information content (AvgIpc) is 2.95. The predicted octanol–water partition coefficient (Wildman–Crippen LogP) is 4.18. The van der Waals surface area contributed by atoms with Gasteiger partial charge in [-0.05, 0) is 43.2 Å². The van der Waals surface area contributed by atoms with Gasteiger partial charge in [0.05, 0.1) is 6.04 Å². The molecule has 0 bridgehead atoms. The fourth-order valence-corrected chi connectivity index (χ4v) is 3.20. The Morgan fingerprint density at radius 1 is 1.33 bits per heavy atom. The molecule has 0 radical (unpaired) electrons. The van der Waals surface area contributed by atoms with Crippen LogP contribution in [-0.2, 0) is 0 Å². The molecule has 2 N–H and O–H groups in total. The van der Waals surface area contributed by atoms with Crippen LogP contribution in [0, 0.1) is 18.8 Å². The van der Waals surface area contributed by atoms with Gasteiger partial charge >= 0.3 is 0 Å². The maximum absolute atomic E-state index is 6.38. The summed E-state index contributed by atoms with van der Waals surface area (Å²) in [7, 11) is 0. The standard InChI is InChI=1S/C16H21NO/c1-10-6-7-12(8-10)15(17)14-9-13-5-3-4-11(2)16(13)18-14/h3-5,9-10,12,15H,6-8,17H2,1-2H3. The van der Waals surface area contributed by atoms with Crippen molar-refractivity contribution in [2.45, 2.75) is 39.2 Å². The molecule has 1 saturated carbocycles. The number of hydrogen-bond donors (Lipinski definition) is 1. The largest absolute Gasteiger partial charge is 0.459 e. The van der Waals surface area contributed by atoms with Gasteiger partial charge in [-0.15, -0.1) is 0 Å². The molecule has 18 heavy (non-hydrogen) atoms. The summed E-state index contributed by atoms with van der Waals surface area (Å²) >= 11 is 0. The van der Waals surface area contributed by atoms with Crippen molar-refractivity contribution in [1.29, 1.82) is 0 Å². The van der Waals surface area contributed by atoms with E-state index in [4.69, 9.17) is 10.2 Å². The summed E-state index contributed by atoms with van der Waals surface area (Å²) in [4.78, 5) is 0. The molecule has 2 nitrogen and oxygen atoms in total. The summed E-state index contributed by atoms with van der Waals surface area (Å²) in [5.74, 6) is 2.35. The van der Waals surface area contributed by atoms with E-state index in [9.17, 15) is 0 Å². The molecule has 0 amide bonds. The van der Waals surface area contributed by atoms with Crippen LogP contribution >= 0.6 is 0 Å². The predicted molar refractivity (Wildman–Crippen MR) is 74.4 cm³/mol. The van der Waals surface area contributed by atoms with Crippen molar-refractivity contribution in [3.8, 4) is 0 Å². The Morgan fingerprint density at radius 3 is 2.83 bits per heavy atom. The van der Waals surface area contributed by atoms with Gasteiger partial charge < -0.3 is 10.2 Å². The van der Waals surface area contributed by atoms with Crippen LogP contribution in [0.1, 0.15) is 43.6 Å². The highest BCUT2D eigenvalue weighted by Gasteiger charge is 2.29. The first-order valence-corrected chi connectivity index (χ1v) is 6.90. The van der Waals surface area contributed by atoms with E-state index >= 15 is 0 Å². The third-order valence-electron chi connectivity index (χ3n) is 4.33. The Balaban J connectivity index is 1.92. The minimum atomic E-state index is 0.0572. The highest BCUT2D eigenvalue weighted by molar-refractivity contribution is 5.81. The van der Waals surface area contributed by atoms with E-state index in [1.165, 1.54) is 30.2 Å². The zero-order chi connectivity index (χ0) is 12.7. The molecule has 1 aromatic carbocycles. The summed E-state index contributed by atoms with van der Waals surface area (Å²) in [6.07, 6.45) is 3.77. The maximum Gasteiger partial charge on any atom is 0.137 e. The van der Waals surface area contributed by atoms with E-state index in [-0.39, 0.29) is 6.04 Å². The van der Waals surface area contributed by atoms with Crippen molar-refractivity contribution in [3.05, 3.63) is 35.6 Å². The fraction of sp³-hybridized carbons (Fsp3) is 0.500. The number of aryl methyl sites for hydroxylation is 1. The zero-order valence-corrected chi connectivity index (χ0v) is 11.1. The zero-order valence-electron chi connectivity index (χ0n) is 11.1. The molecule has 96 valence electrons. The van der Waals surface area contributed by atoms with Crippen molar-refractivity contribution in [2.24, 2.45) is 17.6 Å². The summed E-state index contributed by atoms with van der Waals surface area (Å²) in [6.45, 7) is 4.40. The Bertz CT molecular complexity index is 557. The highest BCUT2D eigenvalue weighted by Crippen LogP contribution is 2.39. The normalized spacial score (nSPS) is 25.7. The minimum Gasteiger partial charge on any atom is -0.459 e. The SMILES string of the molecule is Cc1cccc2cc(C(N)C3CCC(C)C3)oc12. The van der Waals surface area contributed by atoms with Gasteiger partial charge in [0, 0.05) is 5.39 Å². The molecular formula is C16H21NO. The maximum atomic E-state index is 6.38. The van der Waals surface area contributed by atoms with Crippen molar-refractivity contribution in [3.63, 3.8) is 0 Å². The van der Waals surface area contributed by atoms with Gasteiger partial charge in [-0.2, -0.15) is 0 Å². The second-order valence-corrected chi connectivity index (χ2v) is 5.85. The lowest BCUT2D eigenvalue weighted by Gasteiger charge is -2.16. The van der Waals surface area contributed by atoms with E-state index < -0.39 is 0 Å². The molecule has 1 heterocycles. The van der Waals surface area contributed by atoms with Crippen molar-refractivity contribution >= 4 is 11.0 Å². The highest BCUT2D eigenvalue weighted by atomic mass is 16.3. The molecule has 1 fully saturated rings. The molecule has 3 atom stereocenters. The molecule has 1 aromatic heterocycles. The van der Waals surface area contributed by atoms with Gasteiger partial charge in [0.25, 0.3) is 0 Å². The minimum absolute atomic E-state index is 0.0572. The van der Waals surface area contributed by atoms with E-state index in [0.717, 1.165) is 17.3 Å². The van der Waals surface area contributed by atoms with E-state index in [2.05, 4.69) is 38.1 Å². The van der Waals surface area contributed by atoms with Gasteiger partial charge in [0.15, 0.2) is 0 Å². The van der Waals surface area contributed by atoms with Crippen LogP contribution in [-0.4, -0.2) is 0 Å². The van der Waals surface area contributed by atoms with E-state index in [0.29, 0.717) is 5.92 Å². The molecule has 1 aliphatic carbocycles. The second-order valence-electron chi connectivity index (χ2n) is 5.85. The van der Waals surface area contributed by atoms with Crippen LogP contribution in [0.3, 0.4) is 0 Å². The van der Waals surface area contributed by atoms with Crippen LogP contribution in [0.2, 0.25) is 0 Å². The second kappa shape index (κ2) is 4.43. The molecular weight excluding hydrogens is 222 g/mol. The van der Waals surface area contributed by atoms with Crippen LogP contribution in [0.5, 0.6) is 0 Å². The number of furan rings is 1. The number of rotatable bonds is 2. The van der Waals surface area contributed by atoms with Crippen LogP contribution < -0.4 is 5.73 Å². The molecule has 1 aliphatic rings. The van der Waals surface area contributed by atoms with Gasteiger partial charge in [0.2, 0.25) is 0 Å². The van der Waals surface area contributed by atoms with Gasteiger partial charge in [0.1, 0.15) is 11.3 Å². The monoisotopic (exact) mass is 243 g/mol. The van der Waals surface area contributed by atoms with Crippen LogP contribution in [0.25, 0.3) is 11.0 Å². The number of benzene rings is 1. The van der Waals surface area contributed by atoms with Crippen molar-refractivity contribution < 1.29 is 4.42 Å². The molecule has 0 saturated heterocycles. The quantitative estimate of drug-likeness (QED) is 0.859. The molecule has 0 spiro atoms. The lowest BCUT2D eigenvalue weighted by atomic mass is 9.96. The summed E-state index contributed by atoms with van der Waals surface area (Å²) in [5, 5.41) is 1.17. The first-order valence-electron chi connectivity index (χ1n) is 6.90. The first kappa shape index (κ1) is 11.8. The van der Waals surface area contributed by atoms with Crippen molar-refractivity contribution in [1.82, 2.24) is 0 Å². The topological polar surface area (TPSA) is 39.2 Å². The summed E-state index contributed by atoms with van der Waals surface area (Å²) < 4.78 is 5.98. The molecule has 3 rings (SSSR count). The lowest BCUT2D eigenvalue weighted by molar-refractivity contribution is 0.371. The van der Waals surface area contributed by atoms with Crippen LogP contribution in [0.15, 0.2) is 28.7 Å². The van der Waals surface area contributed by atoms with Gasteiger partial charge in [-0.3, -0.25) is 0 Å². The summed E-state index contributed by atoms with van der Waals surface area (Å²) in [5.41, 5.74) is 8.56. The average molecular weight is 243 g/mol. The third-order valence-corrected chi connectivity index (χ3v) is 4.33. The number of nitrogens with two attached hydrogens (primary N) is 1. The molecule has 3 unspecified atom stereocenters. The number of hydrogen-bond acceptors (Lipinski definition) is 2. The Hall–Kier alpha value is -1.28. The van der Waals surface area contributed by atoms with Gasteiger partial charge in [-0.1, -0.05) is 31.5 Å². The summed E-state index contributed by atoms with van der Waals surface area (Å²) in [6, 6.07) is 8.43. The smallest absolute Gasteiger partial charge is 0.137 e. The lowest BCUT2D eigenvalue weighted by Crippen LogP contribution is -2.18. The third kappa shape index (κ3) is 1.95. The fourth-order valence-electron chi connectivity index (χ4n) is 3.20. The van der Waals surface area contributed by atoms with Crippen LogP contribution in [0.4, 0.5) is 0 Å². The molecule has 2 heteroatoms. The van der Waals surface area contributed by atoms with E-state index in [1.807, 2.05) is 0 Å². The number of fused-ring (bicyclic) bond motifs is 1. The molecule has 0 aliphatic heterocycles.